The minimum atomic E-state index is -2.96. The molecule has 0 bridgehead atoms. The quantitative estimate of drug-likeness (QED) is 0.890. The monoisotopic (exact) mass is 311 g/mol. The Morgan fingerprint density at radius 2 is 1.95 bits per heavy atom. The van der Waals surface area contributed by atoms with Gasteiger partial charge in [-0.25, -0.2) is 0 Å². The number of anilines is 1. The lowest BCUT2D eigenvalue weighted by molar-refractivity contribution is -0.0924. The van der Waals surface area contributed by atoms with Crippen LogP contribution < -0.4 is 10.1 Å². The van der Waals surface area contributed by atoms with Crippen molar-refractivity contribution >= 4 is 28.9 Å². The summed E-state index contributed by atoms with van der Waals surface area (Å²) in [7, 11) is 0. The van der Waals surface area contributed by atoms with Crippen LogP contribution in [0.5, 0.6) is 5.75 Å². The van der Waals surface area contributed by atoms with Gasteiger partial charge >= 0.3 is 6.61 Å². The first kappa shape index (κ1) is 14.6. The third-order valence-corrected chi connectivity index (χ3v) is 3.39. The molecule has 1 aliphatic rings. The van der Waals surface area contributed by atoms with E-state index in [-0.39, 0.29) is 21.2 Å². The Kier molecular flexibility index (Phi) is 4.38. The van der Waals surface area contributed by atoms with Gasteiger partial charge in [0, 0.05) is 17.6 Å². The Hall–Kier alpha value is -0.780. The molecule has 0 spiro atoms. The molecule has 1 aromatic carbocycles. The highest BCUT2D eigenvalue weighted by molar-refractivity contribution is 6.37. The molecule has 0 atom stereocenters. The van der Waals surface area contributed by atoms with E-state index in [0.717, 1.165) is 0 Å². The number of ether oxygens (including phenoxy) is 2. The fourth-order valence-corrected chi connectivity index (χ4v) is 2.31. The molecule has 1 aromatic rings. The van der Waals surface area contributed by atoms with Crippen LogP contribution in [0.3, 0.4) is 0 Å². The fourth-order valence-electron chi connectivity index (χ4n) is 1.73. The van der Waals surface area contributed by atoms with Gasteiger partial charge in [0.25, 0.3) is 0 Å². The highest BCUT2D eigenvalue weighted by Crippen LogP contribution is 2.37. The predicted octanol–water partition coefficient (Wildman–Crippen LogP) is 4.04. The Morgan fingerprint density at radius 3 is 2.37 bits per heavy atom. The number of hydrogen-bond acceptors (Lipinski definition) is 3. The van der Waals surface area contributed by atoms with Crippen molar-refractivity contribution in [1.29, 1.82) is 0 Å². The predicted molar refractivity (Wildman–Crippen MR) is 70.5 cm³/mol. The molecule has 0 aromatic heterocycles. The Morgan fingerprint density at radius 1 is 1.37 bits per heavy atom. The van der Waals surface area contributed by atoms with Crippen LogP contribution in [0.25, 0.3) is 0 Å². The van der Waals surface area contributed by atoms with Gasteiger partial charge in [0.1, 0.15) is 0 Å². The van der Waals surface area contributed by atoms with E-state index in [1.54, 1.807) is 0 Å². The number of hydrogen-bond donors (Lipinski definition) is 1. The standard InChI is InChI=1S/C12H13Cl2F2NO2/c1-12(5-18-6-12)4-17-7-2-8(13)10(9(14)3-7)19-11(15)16/h2-3,11,17H,4-6H2,1H3. The summed E-state index contributed by atoms with van der Waals surface area (Å²) in [5.74, 6) is -0.206. The van der Waals surface area contributed by atoms with Crippen LogP contribution in [0.4, 0.5) is 14.5 Å². The lowest BCUT2D eigenvalue weighted by Crippen LogP contribution is -2.45. The second-order valence-electron chi connectivity index (χ2n) is 4.80. The lowest BCUT2D eigenvalue weighted by Gasteiger charge is -2.38. The first-order valence-corrected chi connectivity index (χ1v) is 6.41. The van der Waals surface area contributed by atoms with E-state index in [4.69, 9.17) is 27.9 Å². The van der Waals surface area contributed by atoms with Gasteiger partial charge in [-0.2, -0.15) is 8.78 Å². The third-order valence-electron chi connectivity index (χ3n) is 2.83. The highest BCUT2D eigenvalue weighted by Gasteiger charge is 2.33. The van der Waals surface area contributed by atoms with Crippen molar-refractivity contribution in [2.24, 2.45) is 5.41 Å². The van der Waals surface area contributed by atoms with Gasteiger partial charge in [0.2, 0.25) is 0 Å². The van der Waals surface area contributed by atoms with Crippen LogP contribution in [0.2, 0.25) is 10.0 Å². The molecule has 1 heterocycles. The van der Waals surface area contributed by atoms with Gasteiger partial charge in [-0.1, -0.05) is 30.1 Å². The normalized spacial score (nSPS) is 17.2. The maximum atomic E-state index is 12.2. The van der Waals surface area contributed by atoms with Crippen LogP contribution >= 0.6 is 23.2 Å². The second kappa shape index (κ2) is 5.69. The Labute approximate surface area is 119 Å². The fraction of sp³-hybridized carbons (Fsp3) is 0.500. The summed E-state index contributed by atoms with van der Waals surface area (Å²) in [6.45, 7) is 1.19. The second-order valence-corrected chi connectivity index (χ2v) is 5.62. The van der Waals surface area contributed by atoms with Crippen LogP contribution in [-0.2, 0) is 4.74 Å². The number of halogens is 4. The Balaban J connectivity index is 2.06. The molecule has 3 nitrogen and oxygen atoms in total. The molecule has 1 aliphatic heterocycles. The summed E-state index contributed by atoms with van der Waals surface area (Å²) in [5.41, 5.74) is 0.738. The Bertz CT molecular complexity index is 444. The van der Waals surface area contributed by atoms with Crippen molar-refractivity contribution < 1.29 is 18.3 Å². The summed E-state index contributed by atoms with van der Waals surface area (Å²) < 4.78 is 33.7. The zero-order chi connectivity index (χ0) is 14.0. The molecular formula is C12H13Cl2F2NO2. The maximum absolute atomic E-state index is 12.2. The van der Waals surface area contributed by atoms with Gasteiger partial charge in [0.05, 0.1) is 23.3 Å². The SMILES string of the molecule is CC1(CNc2cc(Cl)c(OC(F)F)c(Cl)c2)COC1. The summed E-state index contributed by atoms with van der Waals surface area (Å²) in [4.78, 5) is 0. The van der Waals surface area contributed by atoms with E-state index < -0.39 is 6.61 Å². The van der Waals surface area contributed by atoms with E-state index in [1.165, 1.54) is 12.1 Å². The molecule has 7 heteroatoms. The average Bonchev–Trinajstić information content (AvgIpc) is 2.28. The molecule has 0 unspecified atom stereocenters. The van der Waals surface area contributed by atoms with Gasteiger partial charge in [-0.3, -0.25) is 0 Å². The average molecular weight is 312 g/mol. The first-order valence-electron chi connectivity index (χ1n) is 5.65. The highest BCUT2D eigenvalue weighted by atomic mass is 35.5. The van der Waals surface area contributed by atoms with Gasteiger partial charge < -0.3 is 14.8 Å². The van der Waals surface area contributed by atoms with Crippen molar-refractivity contribution in [3.63, 3.8) is 0 Å². The van der Waals surface area contributed by atoms with E-state index in [9.17, 15) is 8.78 Å². The summed E-state index contributed by atoms with van der Waals surface area (Å²) >= 11 is 11.7. The van der Waals surface area contributed by atoms with Crippen molar-refractivity contribution in [2.75, 3.05) is 25.1 Å². The van der Waals surface area contributed by atoms with Crippen LogP contribution in [0.15, 0.2) is 12.1 Å². The van der Waals surface area contributed by atoms with E-state index in [1.807, 2.05) is 0 Å². The largest absolute Gasteiger partial charge is 0.432 e. The molecule has 1 N–H and O–H groups in total. The molecule has 1 saturated heterocycles. The van der Waals surface area contributed by atoms with Crippen molar-refractivity contribution in [3.05, 3.63) is 22.2 Å². The third kappa shape index (κ3) is 3.61. The van der Waals surface area contributed by atoms with Crippen molar-refractivity contribution in [2.45, 2.75) is 13.5 Å². The van der Waals surface area contributed by atoms with Gasteiger partial charge in [0.15, 0.2) is 5.75 Å². The minimum absolute atomic E-state index is 0.0466. The van der Waals surface area contributed by atoms with Gasteiger partial charge in [-0.15, -0.1) is 0 Å². The van der Waals surface area contributed by atoms with E-state index >= 15 is 0 Å². The summed E-state index contributed by atoms with van der Waals surface area (Å²) in [5, 5.41) is 3.25. The van der Waals surface area contributed by atoms with Gasteiger partial charge in [-0.05, 0) is 12.1 Å². The molecule has 0 amide bonds. The number of alkyl halides is 2. The molecule has 0 saturated carbocycles. The lowest BCUT2D eigenvalue weighted by atomic mass is 9.89. The molecule has 19 heavy (non-hydrogen) atoms. The number of nitrogens with one attached hydrogen (secondary N) is 1. The molecule has 0 radical (unpaired) electrons. The molecule has 0 aliphatic carbocycles. The molecule has 106 valence electrons. The summed E-state index contributed by atoms with van der Waals surface area (Å²) in [6, 6.07) is 3.02. The van der Waals surface area contributed by atoms with Crippen LogP contribution in [-0.4, -0.2) is 26.4 Å². The van der Waals surface area contributed by atoms with E-state index in [0.29, 0.717) is 25.4 Å². The first-order chi connectivity index (χ1) is 8.89. The zero-order valence-corrected chi connectivity index (χ0v) is 11.7. The van der Waals surface area contributed by atoms with Crippen LogP contribution in [0, 0.1) is 5.41 Å². The smallest absolute Gasteiger partial charge is 0.387 e. The van der Waals surface area contributed by atoms with Crippen molar-refractivity contribution in [3.8, 4) is 5.75 Å². The topological polar surface area (TPSA) is 30.5 Å². The van der Waals surface area contributed by atoms with Crippen molar-refractivity contribution in [1.82, 2.24) is 0 Å². The minimum Gasteiger partial charge on any atom is -0.432 e. The van der Waals surface area contributed by atoms with Crippen LogP contribution in [0.1, 0.15) is 6.92 Å². The zero-order valence-electron chi connectivity index (χ0n) is 10.2. The number of benzene rings is 1. The summed E-state index contributed by atoms with van der Waals surface area (Å²) in [6.07, 6.45) is 0. The molecule has 1 fully saturated rings. The maximum Gasteiger partial charge on any atom is 0.387 e. The van der Waals surface area contributed by atoms with E-state index in [2.05, 4.69) is 17.0 Å². The molecular weight excluding hydrogens is 299 g/mol. The molecule has 2 rings (SSSR count). The number of rotatable bonds is 5.